The molecule has 6 atom stereocenters. The Kier molecular flexibility index (Phi) is 8.68. The highest BCUT2D eigenvalue weighted by atomic mass is 31.3. The molecule has 192 valence electrons. The molecule has 0 aliphatic carbocycles. The van der Waals surface area contributed by atoms with Gasteiger partial charge in [0.15, 0.2) is 11.8 Å². The van der Waals surface area contributed by atoms with Crippen molar-refractivity contribution in [1.29, 1.82) is 0 Å². The average Bonchev–Trinajstić information content (AvgIpc) is 2.88. The van der Waals surface area contributed by atoms with Crippen LogP contribution in [0.4, 0.5) is 5.82 Å². The summed E-state index contributed by atoms with van der Waals surface area (Å²) in [5.74, 6) is 3.37. The fourth-order valence-electron chi connectivity index (χ4n) is 3.24. The van der Waals surface area contributed by atoms with Crippen LogP contribution < -0.4 is 11.4 Å². The molecule has 2 rings (SSSR count). The number of nitrogens with two attached hydrogens (primary N) is 1. The van der Waals surface area contributed by atoms with Gasteiger partial charge in [-0.05, 0) is 19.9 Å². The second kappa shape index (κ2) is 10.3. The van der Waals surface area contributed by atoms with Gasteiger partial charge in [-0.3, -0.25) is 9.09 Å². The molecule has 8 N–H and O–H groups in total. The predicted octanol–water partition coefficient (Wildman–Crippen LogP) is -1.26. The minimum Gasteiger partial charge on any atom is -0.396 e. The zero-order valence-corrected chi connectivity index (χ0v) is 20.2. The molecule has 0 aromatic carbocycles. The summed E-state index contributed by atoms with van der Waals surface area (Å²) < 4.78 is 52.4. The van der Waals surface area contributed by atoms with E-state index in [0.717, 1.165) is 4.57 Å². The van der Waals surface area contributed by atoms with E-state index in [2.05, 4.69) is 30.0 Å². The highest BCUT2D eigenvalue weighted by molar-refractivity contribution is 7.66. The van der Waals surface area contributed by atoms with E-state index in [1.54, 1.807) is 0 Å². The number of aliphatic hydroxyl groups excluding tert-OH is 1. The summed E-state index contributed by atoms with van der Waals surface area (Å²) in [6.45, 7) is 0.966. The van der Waals surface area contributed by atoms with Crippen molar-refractivity contribution < 1.29 is 61.4 Å². The number of hydrogen-bond donors (Lipinski definition) is 7. The molecule has 1 aliphatic heterocycles. The smallest absolute Gasteiger partial charge is 0.396 e. The number of rotatable bonds is 9. The Morgan fingerprint density at radius 1 is 1.24 bits per heavy atom. The van der Waals surface area contributed by atoms with Gasteiger partial charge in [0.2, 0.25) is 0 Å². The van der Waals surface area contributed by atoms with Crippen LogP contribution in [0, 0.1) is 24.7 Å². The molecule has 20 heteroatoms. The molecule has 1 saturated heterocycles. The third kappa shape index (κ3) is 6.81. The minimum atomic E-state index is -5.76. The van der Waals surface area contributed by atoms with Gasteiger partial charge >= 0.3 is 29.2 Å². The first-order chi connectivity index (χ1) is 15.4. The maximum Gasteiger partial charge on any atom is 0.490 e. The Bertz CT molecular complexity index is 1190. The molecular weight excluding hydrogens is 527 g/mol. The SMILES string of the molecule is CC#CC1(O)C(CO)[C@@H](COP(=O)(O)OP(=O)(O)OP(=O)(O)O)O[C@H]1n1c(C)cc(N)nc1=O. The van der Waals surface area contributed by atoms with Crippen molar-refractivity contribution in [3.8, 4) is 11.8 Å². The van der Waals surface area contributed by atoms with Crippen molar-refractivity contribution in [2.24, 2.45) is 5.92 Å². The Morgan fingerprint density at radius 2 is 1.85 bits per heavy atom. The highest BCUT2D eigenvalue weighted by Crippen LogP contribution is 2.66. The normalized spacial score (nSPS) is 28.5. The summed E-state index contributed by atoms with van der Waals surface area (Å²) >= 11 is 0. The second-order valence-electron chi connectivity index (χ2n) is 6.88. The van der Waals surface area contributed by atoms with Gasteiger partial charge in [0.05, 0.1) is 25.2 Å². The lowest BCUT2D eigenvalue weighted by Crippen LogP contribution is -2.46. The molecule has 0 radical (unpaired) electrons. The molecule has 1 fully saturated rings. The van der Waals surface area contributed by atoms with Crippen molar-refractivity contribution in [1.82, 2.24) is 9.55 Å². The number of nitrogen functional groups attached to an aromatic ring is 1. The molecule has 4 unspecified atom stereocenters. The standard InChI is InChI=1S/C14H22N3O14P3/c1-3-4-14(20)9(6-18)10(29-12(14)17-8(2)5-11(15)16-13(17)19)7-28-33(24,25)31-34(26,27)30-32(21,22)23/h5,9-10,12,18,20H,6-7H2,1-2H3,(H,24,25)(H,26,27)(H2,15,16,19)(H2,21,22,23)/t9?,10-,12-,14?/m1/s1. The molecule has 34 heavy (non-hydrogen) atoms. The number of aliphatic hydroxyl groups is 2. The monoisotopic (exact) mass is 549 g/mol. The first-order valence-electron chi connectivity index (χ1n) is 9.01. The third-order valence-electron chi connectivity index (χ3n) is 4.44. The number of anilines is 1. The van der Waals surface area contributed by atoms with E-state index in [4.69, 9.17) is 20.3 Å². The van der Waals surface area contributed by atoms with Crippen LogP contribution in [0.3, 0.4) is 0 Å². The van der Waals surface area contributed by atoms with Gasteiger partial charge in [0.25, 0.3) is 0 Å². The summed E-state index contributed by atoms with van der Waals surface area (Å²) in [6, 6.07) is 1.29. The number of hydrogen-bond acceptors (Lipinski definition) is 12. The molecule has 17 nitrogen and oxygen atoms in total. The number of aromatic nitrogens is 2. The Labute approximate surface area is 191 Å². The van der Waals surface area contributed by atoms with Crippen molar-refractivity contribution >= 4 is 29.3 Å². The van der Waals surface area contributed by atoms with Crippen molar-refractivity contribution in [3.05, 3.63) is 22.2 Å². The van der Waals surface area contributed by atoms with Gasteiger partial charge < -0.3 is 40.3 Å². The van der Waals surface area contributed by atoms with Crippen LogP contribution in [0.25, 0.3) is 0 Å². The summed E-state index contributed by atoms with van der Waals surface area (Å²) in [5.41, 5.74) is 2.52. The van der Waals surface area contributed by atoms with Gasteiger partial charge in [-0.2, -0.15) is 13.6 Å². The van der Waals surface area contributed by atoms with Crippen LogP contribution in [-0.2, 0) is 31.6 Å². The fourth-order valence-corrected chi connectivity index (χ4v) is 6.27. The van der Waals surface area contributed by atoms with Gasteiger partial charge in [0, 0.05) is 5.69 Å². The maximum absolute atomic E-state index is 12.4. The summed E-state index contributed by atoms with van der Waals surface area (Å²) in [5, 5.41) is 21.1. The molecular formula is C14H22N3O14P3. The minimum absolute atomic E-state index is 0.121. The molecule has 0 amide bonds. The third-order valence-corrected chi connectivity index (χ3v) is 8.24. The number of phosphoric ester groups is 1. The van der Waals surface area contributed by atoms with Crippen LogP contribution >= 0.6 is 23.5 Å². The molecule has 1 aromatic rings. The Hall–Kier alpha value is -1.47. The largest absolute Gasteiger partial charge is 0.490 e. The summed E-state index contributed by atoms with van der Waals surface area (Å²) in [6.07, 6.45) is -3.07. The molecule has 1 aliphatic rings. The molecule has 0 bridgehead atoms. The van der Waals surface area contributed by atoms with E-state index in [0.29, 0.717) is 0 Å². The van der Waals surface area contributed by atoms with Crippen molar-refractivity contribution in [2.45, 2.75) is 31.8 Å². The molecule has 0 spiro atoms. The lowest BCUT2D eigenvalue weighted by atomic mass is 9.85. The fraction of sp³-hybridized carbons (Fsp3) is 0.571. The van der Waals surface area contributed by atoms with Gasteiger partial charge in [-0.25, -0.2) is 18.5 Å². The number of aryl methyl sites for hydroxylation is 1. The highest BCUT2D eigenvalue weighted by Gasteiger charge is 2.57. The second-order valence-corrected chi connectivity index (χ2v) is 11.3. The van der Waals surface area contributed by atoms with E-state index in [-0.39, 0.29) is 11.5 Å². The van der Waals surface area contributed by atoms with Crippen molar-refractivity contribution in [3.63, 3.8) is 0 Å². The number of nitrogens with zero attached hydrogens (tertiary/aromatic N) is 2. The molecule has 0 saturated carbocycles. The predicted molar refractivity (Wildman–Crippen MR) is 110 cm³/mol. The van der Waals surface area contributed by atoms with Gasteiger partial charge in [0.1, 0.15) is 5.82 Å². The zero-order chi connectivity index (χ0) is 26.1. The van der Waals surface area contributed by atoms with E-state index in [1.807, 2.05) is 0 Å². The summed E-state index contributed by atoms with van der Waals surface area (Å²) in [7, 11) is -16.9. The molecule has 2 heterocycles. The van der Waals surface area contributed by atoms with Crippen LogP contribution in [0.1, 0.15) is 18.8 Å². The first kappa shape index (κ1) is 28.8. The van der Waals surface area contributed by atoms with Crippen LogP contribution in [0.5, 0.6) is 0 Å². The zero-order valence-electron chi connectivity index (χ0n) is 17.5. The number of ether oxygens (including phenoxy) is 1. The lowest BCUT2D eigenvalue weighted by molar-refractivity contribution is -0.0755. The number of phosphoric acid groups is 3. The Morgan fingerprint density at radius 3 is 2.35 bits per heavy atom. The van der Waals surface area contributed by atoms with E-state index in [9.17, 15) is 38.5 Å². The van der Waals surface area contributed by atoms with Crippen LogP contribution in [-0.4, -0.2) is 64.3 Å². The van der Waals surface area contributed by atoms with Crippen LogP contribution in [0.15, 0.2) is 10.9 Å². The van der Waals surface area contributed by atoms with E-state index in [1.165, 1.54) is 19.9 Å². The lowest BCUT2D eigenvalue weighted by Gasteiger charge is -2.29. The maximum atomic E-state index is 12.4. The Balaban J connectivity index is 2.34. The van der Waals surface area contributed by atoms with Crippen molar-refractivity contribution in [2.75, 3.05) is 18.9 Å². The topological polar surface area (TPSA) is 270 Å². The molecule has 1 aromatic heterocycles. The van der Waals surface area contributed by atoms with E-state index >= 15 is 0 Å². The summed E-state index contributed by atoms with van der Waals surface area (Å²) in [4.78, 5) is 52.0. The van der Waals surface area contributed by atoms with Crippen LogP contribution in [0.2, 0.25) is 0 Å². The first-order valence-corrected chi connectivity index (χ1v) is 13.5. The quantitative estimate of drug-likeness (QED) is 0.140. The van der Waals surface area contributed by atoms with E-state index < -0.39 is 66.2 Å². The van der Waals surface area contributed by atoms with Gasteiger partial charge in [-0.1, -0.05) is 5.92 Å². The van der Waals surface area contributed by atoms with Gasteiger partial charge in [-0.15, -0.1) is 5.92 Å². The average molecular weight is 549 g/mol.